The average Bonchev–Trinajstić information content (AvgIpc) is 2.61. The molecule has 0 radical (unpaired) electrons. The predicted molar refractivity (Wildman–Crippen MR) is 110 cm³/mol. The van der Waals surface area contributed by atoms with Crippen molar-refractivity contribution in [3.8, 4) is 5.75 Å². The summed E-state index contributed by atoms with van der Waals surface area (Å²) in [6.07, 6.45) is 1.42. The van der Waals surface area contributed by atoms with E-state index in [1.807, 2.05) is 6.92 Å². The normalized spacial score (nSPS) is 15.9. The minimum atomic E-state index is -0.585. The monoisotopic (exact) mass is 420 g/mol. The maximum absolute atomic E-state index is 12.9. The molecule has 3 rings (SSSR count). The van der Waals surface area contributed by atoms with Crippen molar-refractivity contribution in [2.24, 2.45) is 0 Å². The number of nitrogens with one attached hydrogen (secondary N) is 1. The second kappa shape index (κ2) is 8.08. The van der Waals surface area contributed by atoms with Crippen LogP contribution in [0.5, 0.6) is 5.75 Å². The summed E-state index contributed by atoms with van der Waals surface area (Å²) >= 11 is 17.2. The lowest BCUT2D eigenvalue weighted by Crippen LogP contribution is -2.54. The van der Waals surface area contributed by atoms with Gasteiger partial charge in [-0.25, -0.2) is 0 Å². The Labute approximate surface area is 171 Å². The highest BCUT2D eigenvalue weighted by Gasteiger charge is 2.34. The number of ether oxygens (including phenoxy) is 1. The smallest absolute Gasteiger partial charge is 0.270 e. The van der Waals surface area contributed by atoms with E-state index in [2.05, 4.69) is 5.32 Å². The zero-order valence-electron chi connectivity index (χ0n) is 14.2. The van der Waals surface area contributed by atoms with Crippen molar-refractivity contribution in [1.29, 1.82) is 0 Å². The first kappa shape index (κ1) is 19.4. The minimum Gasteiger partial charge on any atom is -0.494 e. The number of rotatable bonds is 4. The van der Waals surface area contributed by atoms with E-state index in [9.17, 15) is 9.59 Å². The molecule has 0 aliphatic carbocycles. The molecular weight excluding hydrogens is 407 g/mol. The van der Waals surface area contributed by atoms with Gasteiger partial charge in [-0.2, -0.15) is 0 Å². The zero-order chi connectivity index (χ0) is 19.6. The van der Waals surface area contributed by atoms with Gasteiger partial charge in [-0.15, -0.1) is 0 Å². The van der Waals surface area contributed by atoms with Crippen LogP contribution in [-0.2, 0) is 9.59 Å². The number of halogens is 2. The quantitative estimate of drug-likeness (QED) is 0.456. The first-order valence-electron chi connectivity index (χ1n) is 8.00. The first-order chi connectivity index (χ1) is 12.9. The topological polar surface area (TPSA) is 58.6 Å². The number of benzene rings is 2. The Balaban J connectivity index is 1.97. The molecule has 1 saturated heterocycles. The molecule has 0 bridgehead atoms. The molecule has 1 aliphatic heterocycles. The molecule has 27 heavy (non-hydrogen) atoms. The minimum absolute atomic E-state index is 0.00788. The Bertz CT molecular complexity index is 958. The fourth-order valence-corrected chi connectivity index (χ4v) is 3.27. The highest BCUT2D eigenvalue weighted by molar-refractivity contribution is 7.80. The van der Waals surface area contributed by atoms with Crippen LogP contribution in [0.1, 0.15) is 12.5 Å². The molecule has 0 atom stereocenters. The number of carbonyl (C=O) groups is 2. The van der Waals surface area contributed by atoms with Crippen LogP contribution in [0.3, 0.4) is 0 Å². The second-order valence-corrected chi connectivity index (χ2v) is 6.78. The summed E-state index contributed by atoms with van der Waals surface area (Å²) in [7, 11) is 0. The van der Waals surface area contributed by atoms with Gasteiger partial charge in [0.2, 0.25) is 0 Å². The lowest BCUT2D eigenvalue weighted by molar-refractivity contribution is -0.122. The third-order valence-electron chi connectivity index (χ3n) is 3.77. The molecule has 0 saturated carbocycles. The fraction of sp³-hybridized carbons (Fsp3) is 0.105. The maximum Gasteiger partial charge on any atom is 0.270 e. The maximum atomic E-state index is 12.9. The summed E-state index contributed by atoms with van der Waals surface area (Å²) in [4.78, 5) is 26.5. The Kier molecular flexibility index (Phi) is 5.79. The van der Waals surface area contributed by atoms with Crippen LogP contribution in [0.15, 0.2) is 48.0 Å². The van der Waals surface area contributed by atoms with Crippen LogP contribution in [0, 0.1) is 0 Å². The van der Waals surface area contributed by atoms with Gasteiger partial charge in [0, 0.05) is 10.0 Å². The number of carbonyl (C=O) groups excluding carboxylic acids is 2. The van der Waals surface area contributed by atoms with Gasteiger partial charge in [0.1, 0.15) is 11.3 Å². The van der Waals surface area contributed by atoms with E-state index in [0.29, 0.717) is 33.7 Å². The summed E-state index contributed by atoms with van der Waals surface area (Å²) < 4.78 is 5.40. The van der Waals surface area contributed by atoms with Gasteiger partial charge in [0.15, 0.2) is 5.11 Å². The third-order valence-corrected chi connectivity index (χ3v) is 4.62. The predicted octanol–water partition coefficient (Wildman–Crippen LogP) is 4.22. The summed E-state index contributed by atoms with van der Waals surface area (Å²) in [6, 6.07) is 11.6. The van der Waals surface area contributed by atoms with Crippen LogP contribution in [0.4, 0.5) is 5.69 Å². The van der Waals surface area contributed by atoms with Gasteiger partial charge in [0.05, 0.1) is 12.3 Å². The molecule has 138 valence electrons. The van der Waals surface area contributed by atoms with Crippen molar-refractivity contribution < 1.29 is 14.3 Å². The molecule has 1 aliphatic rings. The van der Waals surface area contributed by atoms with E-state index in [1.54, 1.807) is 36.4 Å². The lowest BCUT2D eigenvalue weighted by Gasteiger charge is -2.29. The van der Waals surface area contributed by atoms with E-state index < -0.39 is 11.8 Å². The van der Waals surface area contributed by atoms with Gasteiger partial charge >= 0.3 is 0 Å². The van der Waals surface area contributed by atoms with Crippen molar-refractivity contribution in [2.75, 3.05) is 11.5 Å². The lowest BCUT2D eigenvalue weighted by atomic mass is 10.1. The van der Waals surface area contributed by atoms with Crippen LogP contribution in [0.25, 0.3) is 6.08 Å². The van der Waals surface area contributed by atoms with Crippen LogP contribution in [-0.4, -0.2) is 23.5 Å². The third kappa shape index (κ3) is 4.13. The number of nitrogens with zero attached hydrogens (tertiary/aromatic N) is 1. The van der Waals surface area contributed by atoms with Gasteiger partial charge in [-0.05, 0) is 67.2 Å². The van der Waals surface area contributed by atoms with E-state index in [0.717, 1.165) is 0 Å². The van der Waals surface area contributed by atoms with E-state index >= 15 is 0 Å². The molecule has 2 aromatic rings. The first-order valence-corrected chi connectivity index (χ1v) is 9.16. The highest BCUT2D eigenvalue weighted by Crippen LogP contribution is 2.27. The fourth-order valence-electron chi connectivity index (χ4n) is 2.52. The Morgan fingerprint density at radius 2 is 1.85 bits per heavy atom. The largest absolute Gasteiger partial charge is 0.494 e. The van der Waals surface area contributed by atoms with Crippen molar-refractivity contribution in [3.63, 3.8) is 0 Å². The molecule has 2 amide bonds. The van der Waals surface area contributed by atoms with Gasteiger partial charge in [-0.3, -0.25) is 19.8 Å². The summed E-state index contributed by atoms with van der Waals surface area (Å²) in [5.74, 6) is -0.457. The number of amides is 2. The van der Waals surface area contributed by atoms with Crippen LogP contribution >= 0.6 is 35.4 Å². The standard InChI is InChI=1S/C19H14Cl2N2O3S/c1-2-26-14-7-5-13(6-8-14)23-18(25)15(17(24)22-19(23)27)9-11-3-4-12(20)10-16(11)21/h3-10H,2H2,1H3,(H,22,24,27). The SMILES string of the molecule is CCOc1ccc(N2C(=O)C(=Cc3ccc(Cl)cc3Cl)C(=O)NC2=S)cc1. The van der Waals surface area contributed by atoms with Crippen molar-refractivity contribution in [2.45, 2.75) is 6.92 Å². The molecule has 8 heteroatoms. The summed E-state index contributed by atoms with van der Waals surface area (Å²) in [6.45, 7) is 2.41. The Morgan fingerprint density at radius 1 is 1.15 bits per heavy atom. The Hall–Kier alpha value is -2.41. The molecule has 5 nitrogen and oxygen atoms in total. The van der Waals surface area contributed by atoms with Gasteiger partial charge < -0.3 is 4.74 Å². The molecule has 1 N–H and O–H groups in total. The molecule has 0 unspecified atom stereocenters. The second-order valence-electron chi connectivity index (χ2n) is 5.55. The van der Waals surface area contributed by atoms with Crippen molar-refractivity contribution in [3.05, 3.63) is 63.6 Å². The van der Waals surface area contributed by atoms with Crippen LogP contribution < -0.4 is 15.0 Å². The van der Waals surface area contributed by atoms with Crippen LogP contribution in [0.2, 0.25) is 10.0 Å². The summed E-state index contributed by atoms with van der Waals surface area (Å²) in [5, 5.41) is 3.32. The van der Waals surface area contributed by atoms with Crippen molar-refractivity contribution in [1.82, 2.24) is 5.32 Å². The number of anilines is 1. The molecule has 1 heterocycles. The van der Waals surface area contributed by atoms with Crippen molar-refractivity contribution >= 4 is 64.1 Å². The molecule has 2 aromatic carbocycles. The Morgan fingerprint density at radius 3 is 2.48 bits per heavy atom. The van der Waals surface area contributed by atoms with E-state index in [-0.39, 0.29) is 10.7 Å². The average molecular weight is 421 g/mol. The van der Waals surface area contributed by atoms with E-state index in [1.165, 1.54) is 17.0 Å². The molecular formula is C19H14Cl2N2O3S. The summed E-state index contributed by atoms with van der Waals surface area (Å²) in [5.41, 5.74) is 0.933. The van der Waals surface area contributed by atoms with E-state index in [4.69, 9.17) is 40.2 Å². The number of hydrogen-bond acceptors (Lipinski definition) is 4. The number of thiocarbonyl (C=S) groups is 1. The van der Waals surface area contributed by atoms with Gasteiger partial charge in [-0.1, -0.05) is 29.3 Å². The molecule has 0 spiro atoms. The molecule has 1 fully saturated rings. The zero-order valence-corrected chi connectivity index (χ0v) is 16.5. The van der Waals surface area contributed by atoms with Gasteiger partial charge in [0.25, 0.3) is 11.8 Å². The number of hydrogen-bond donors (Lipinski definition) is 1. The molecule has 0 aromatic heterocycles. The highest BCUT2D eigenvalue weighted by atomic mass is 35.5.